The second-order valence-corrected chi connectivity index (χ2v) is 5.78. The topological polar surface area (TPSA) is 42.0 Å². The third kappa shape index (κ3) is 4.43. The van der Waals surface area contributed by atoms with Crippen LogP contribution < -0.4 is 0 Å². The monoisotopic (exact) mass is 284 g/mol. The average molecular weight is 284 g/mol. The Morgan fingerprint density at radius 2 is 1.60 bits per heavy atom. The van der Waals surface area contributed by atoms with Gasteiger partial charge in [0.1, 0.15) is 6.61 Å². The van der Waals surface area contributed by atoms with Crippen molar-refractivity contribution < 1.29 is 14.3 Å². The number of hydrogen-bond acceptors (Lipinski definition) is 4. The van der Waals surface area contributed by atoms with Crippen LogP contribution in [0.1, 0.15) is 32.6 Å². The van der Waals surface area contributed by atoms with E-state index in [1.54, 1.807) is 7.11 Å². The molecule has 0 unspecified atom stereocenters. The minimum absolute atomic E-state index is 0.0993. The molecule has 116 valence electrons. The Morgan fingerprint density at radius 1 is 1.05 bits per heavy atom. The summed E-state index contributed by atoms with van der Waals surface area (Å²) in [5, 5.41) is 0. The third-order valence-electron chi connectivity index (χ3n) is 4.43. The van der Waals surface area contributed by atoms with Crippen LogP contribution in [0.25, 0.3) is 0 Å². The molecule has 20 heavy (non-hydrogen) atoms. The Morgan fingerprint density at radius 3 is 2.10 bits per heavy atom. The molecule has 0 N–H and O–H groups in total. The van der Waals surface area contributed by atoms with Crippen molar-refractivity contribution in [1.82, 2.24) is 9.80 Å². The van der Waals surface area contributed by atoms with Gasteiger partial charge >= 0.3 is 0 Å². The maximum absolute atomic E-state index is 11.7. The van der Waals surface area contributed by atoms with E-state index in [4.69, 9.17) is 9.47 Å². The highest BCUT2D eigenvalue weighted by molar-refractivity contribution is 5.77. The number of rotatable bonds is 5. The highest BCUT2D eigenvalue weighted by Crippen LogP contribution is 2.20. The molecule has 5 heteroatoms. The summed E-state index contributed by atoms with van der Waals surface area (Å²) in [5.41, 5.74) is 0. The van der Waals surface area contributed by atoms with Gasteiger partial charge in [-0.1, -0.05) is 6.92 Å². The lowest BCUT2D eigenvalue weighted by Crippen LogP contribution is -2.44. The zero-order valence-corrected chi connectivity index (χ0v) is 12.8. The summed E-state index contributed by atoms with van der Waals surface area (Å²) in [6, 6.07) is 0. The van der Waals surface area contributed by atoms with Crippen LogP contribution >= 0.6 is 0 Å². The van der Waals surface area contributed by atoms with Gasteiger partial charge in [0.05, 0.1) is 12.2 Å². The molecule has 0 atom stereocenters. The Labute approximate surface area is 122 Å². The van der Waals surface area contributed by atoms with E-state index in [1.807, 2.05) is 4.90 Å². The first-order chi connectivity index (χ1) is 9.72. The van der Waals surface area contributed by atoms with Crippen molar-refractivity contribution in [3.05, 3.63) is 0 Å². The van der Waals surface area contributed by atoms with Crippen molar-refractivity contribution in [3.63, 3.8) is 0 Å². The van der Waals surface area contributed by atoms with E-state index in [2.05, 4.69) is 11.8 Å². The Kier molecular flexibility index (Phi) is 6.26. The molecule has 2 fully saturated rings. The van der Waals surface area contributed by atoms with E-state index >= 15 is 0 Å². The third-order valence-corrected chi connectivity index (χ3v) is 4.43. The van der Waals surface area contributed by atoms with Crippen LogP contribution in [0.3, 0.4) is 0 Å². The van der Waals surface area contributed by atoms with Crippen LogP contribution in [-0.2, 0) is 14.3 Å². The fraction of sp³-hybridized carbons (Fsp3) is 0.933. The Balaban J connectivity index is 1.66. The molecule has 0 spiro atoms. The van der Waals surface area contributed by atoms with E-state index < -0.39 is 0 Å². The molecule has 0 bridgehead atoms. The van der Waals surface area contributed by atoms with Gasteiger partial charge in [-0.25, -0.2) is 0 Å². The van der Waals surface area contributed by atoms with Gasteiger partial charge in [-0.05, 0) is 32.2 Å². The highest BCUT2D eigenvalue weighted by Gasteiger charge is 2.26. The summed E-state index contributed by atoms with van der Waals surface area (Å²) in [5.74, 6) is 0.0993. The van der Waals surface area contributed by atoms with Gasteiger partial charge in [0, 0.05) is 33.3 Å². The van der Waals surface area contributed by atoms with Gasteiger partial charge in [-0.2, -0.15) is 0 Å². The molecule has 2 aliphatic rings. The minimum Gasteiger partial charge on any atom is -0.375 e. The number of piperidine rings is 2. The molecular weight excluding hydrogens is 256 g/mol. The van der Waals surface area contributed by atoms with Crippen LogP contribution in [-0.4, -0.2) is 74.4 Å². The number of nitrogens with zero attached hydrogens (tertiary/aromatic N) is 2. The van der Waals surface area contributed by atoms with Crippen molar-refractivity contribution in [2.75, 3.05) is 46.4 Å². The number of hydrogen-bond donors (Lipinski definition) is 0. The SMILES string of the molecule is CCN1CCC(OC2CCN(C(=O)COC)CC2)CC1. The van der Waals surface area contributed by atoms with Crippen molar-refractivity contribution in [2.45, 2.75) is 44.8 Å². The number of likely N-dealkylation sites (tertiary alicyclic amines) is 2. The number of ether oxygens (including phenoxy) is 2. The predicted octanol–water partition coefficient (Wildman–Crippen LogP) is 1.12. The molecule has 2 heterocycles. The second kappa shape index (κ2) is 7.96. The summed E-state index contributed by atoms with van der Waals surface area (Å²) in [4.78, 5) is 16.1. The summed E-state index contributed by atoms with van der Waals surface area (Å²) in [6.45, 7) is 7.49. The normalized spacial score (nSPS) is 23.2. The van der Waals surface area contributed by atoms with Crippen LogP contribution in [0, 0.1) is 0 Å². The van der Waals surface area contributed by atoms with Gasteiger partial charge in [-0.15, -0.1) is 0 Å². The zero-order chi connectivity index (χ0) is 14.4. The van der Waals surface area contributed by atoms with Gasteiger partial charge in [0.15, 0.2) is 0 Å². The smallest absolute Gasteiger partial charge is 0.248 e. The average Bonchev–Trinajstić information content (AvgIpc) is 2.49. The molecule has 0 aromatic heterocycles. The van der Waals surface area contributed by atoms with Crippen molar-refractivity contribution in [2.24, 2.45) is 0 Å². The molecule has 0 aromatic carbocycles. The van der Waals surface area contributed by atoms with E-state index in [0.717, 1.165) is 58.4 Å². The van der Waals surface area contributed by atoms with Crippen LogP contribution in [0.5, 0.6) is 0 Å². The summed E-state index contributed by atoms with van der Waals surface area (Å²) < 4.78 is 11.1. The van der Waals surface area contributed by atoms with E-state index in [0.29, 0.717) is 12.2 Å². The highest BCUT2D eigenvalue weighted by atomic mass is 16.5. The first-order valence-electron chi connectivity index (χ1n) is 7.87. The lowest BCUT2D eigenvalue weighted by molar-refractivity contribution is -0.139. The molecule has 2 rings (SSSR count). The fourth-order valence-corrected chi connectivity index (χ4v) is 3.09. The molecular formula is C15H28N2O3. The molecule has 2 saturated heterocycles. The summed E-state index contributed by atoms with van der Waals surface area (Å²) in [7, 11) is 1.57. The lowest BCUT2D eigenvalue weighted by Gasteiger charge is -2.36. The number of carbonyl (C=O) groups is 1. The lowest BCUT2D eigenvalue weighted by atomic mass is 10.0. The van der Waals surface area contributed by atoms with Gasteiger partial charge < -0.3 is 19.3 Å². The van der Waals surface area contributed by atoms with E-state index in [9.17, 15) is 4.79 Å². The summed E-state index contributed by atoms with van der Waals surface area (Å²) >= 11 is 0. The van der Waals surface area contributed by atoms with Gasteiger partial charge in [0.25, 0.3) is 0 Å². The maximum Gasteiger partial charge on any atom is 0.248 e. The standard InChI is InChI=1S/C15H28N2O3/c1-3-16-8-4-13(5-9-16)20-14-6-10-17(11-7-14)15(18)12-19-2/h13-14H,3-12H2,1-2H3. The molecule has 1 amide bonds. The number of methoxy groups -OCH3 is 1. The largest absolute Gasteiger partial charge is 0.375 e. The summed E-state index contributed by atoms with van der Waals surface area (Å²) in [6.07, 6.45) is 4.98. The molecule has 0 saturated carbocycles. The van der Waals surface area contributed by atoms with Crippen molar-refractivity contribution >= 4 is 5.91 Å². The minimum atomic E-state index is 0.0993. The first kappa shape index (κ1) is 15.7. The Bertz CT molecular complexity index is 295. The Hall–Kier alpha value is -0.650. The van der Waals surface area contributed by atoms with Gasteiger partial charge in [0.2, 0.25) is 5.91 Å². The van der Waals surface area contributed by atoms with E-state index in [1.165, 1.54) is 0 Å². The van der Waals surface area contributed by atoms with Crippen LogP contribution in [0.4, 0.5) is 0 Å². The molecule has 0 radical (unpaired) electrons. The first-order valence-corrected chi connectivity index (χ1v) is 7.87. The van der Waals surface area contributed by atoms with E-state index in [-0.39, 0.29) is 12.5 Å². The zero-order valence-electron chi connectivity index (χ0n) is 12.8. The molecule has 0 aliphatic carbocycles. The fourth-order valence-electron chi connectivity index (χ4n) is 3.09. The van der Waals surface area contributed by atoms with Gasteiger partial charge in [-0.3, -0.25) is 4.79 Å². The molecule has 5 nitrogen and oxygen atoms in total. The number of amides is 1. The van der Waals surface area contributed by atoms with Crippen molar-refractivity contribution in [3.8, 4) is 0 Å². The molecule has 0 aromatic rings. The van der Waals surface area contributed by atoms with Crippen LogP contribution in [0.15, 0.2) is 0 Å². The number of carbonyl (C=O) groups excluding carboxylic acids is 1. The van der Waals surface area contributed by atoms with Crippen LogP contribution in [0.2, 0.25) is 0 Å². The predicted molar refractivity (Wildman–Crippen MR) is 77.7 cm³/mol. The second-order valence-electron chi connectivity index (χ2n) is 5.78. The van der Waals surface area contributed by atoms with Crippen molar-refractivity contribution in [1.29, 1.82) is 0 Å². The maximum atomic E-state index is 11.7. The quantitative estimate of drug-likeness (QED) is 0.759. The molecule has 2 aliphatic heterocycles.